The van der Waals surface area contributed by atoms with E-state index in [1.165, 1.54) is 54.3 Å². The SMILES string of the molecule is C[C@@H](C(=O)NC1CCCC1)N(Cc1ccc(Cl)c(Cl)c1)C(=O)CN(c1cccc(C(F)(F)F)c1)S(=O)(=O)c1ccccc1. The van der Waals surface area contributed by atoms with Crippen LogP contribution in [0.25, 0.3) is 0 Å². The zero-order valence-electron chi connectivity index (χ0n) is 23.2. The number of amides is 2. The largest absolute Gasteiger partial charge is 0.416 e. The summed E-state index contributed by atoms with van der Waals surface area (Å²) in [6.07, 6.45) is -1.21. The molecule has 0 spiro atoms. The van der Waals surface area contributed by atoms with Gasteiger partial charge in [0.2, 0.25) is 11.8 Å². The summed E-state index contributed by atoms with van der Waals surface area (Å²) in [5, 5.41) is 3.44. The van der Waals surface area contributed by atoms with E-state index in [1.54, 1.807) is 12.1 Å². The van der Waals surface area contributed by atoms with Crippen molar-refractivity contribution in [1.29, 1.82) is 0 Å². The Morgan fingerprint density at radius 2 is 1.63 bits per heavy atom. The summed E-state index contributed by atoms with van der Waals surface area (Å²) < 4.78 is 69.0. The molecule has 4 rings (SSSR count). The molecule has 0 aromatic heterocycles. The average Bonchev–Trinajstić information content (AvgIpc) is 3.49. The standard InChI is InChI=1S/C30H30Cl2F3N3O4S/c1-20(29(40)36-23-9-5-6-10-23)37(18-21-14-15-26(31)27(32)16-21)28(39)19-38(43(41,42)25-12-3-2-4-13-25)24-11-7-8-22(17-24)30(33,34)35/h2-4,7-8,11-17,20,23H,5-6,9-10,18-19H2,1H3,(H,36,40)/t20-/m0/s1. The van der Waals surface area contributed by atoms with Crippen LogP contribution >= 0.6 is 23.2 Å². The Hall–Kier alpha value is -3.28. The van der Waals surface area contributed by atoms with Gasteiger partial charge in [0.25, 0.3) is 10.0 Å². The second-order valence-corrected chi connectivity index (χ2v) is 13.0. The first kappa shape index (κ1) is 32.6. The number of hydrogen-bond donors (Lipinski definition) is 1. The number of halogens is 5. The minimum atomic E-state index is -4.76. The third-order valence-electron chi connectivity index (χ3n) is 7.28. The Morgan fingerprint density at radius 3 is 2.26 bits per heavy atom. The van der Waals surface area contributed by atoms with E-state index >= 15 is 0 Å². The molecule has 0 heterocycles. The lowest BCUT2D eigenvalue weighted by Crippen LogP contribution is -2.52. The van der Waals surface area contributed by atoms with Gasteiger partial charge in [-0.05, 0) is 67.8 Å². The maximum atomic E-state index is 14.0. The zero-order chi connectivity index (χ0) is 31.4. The number of nitrogens with one attached hydrogen (secondary N) is 1. The minimum absolute atomic E-state index is 0.0445. The molecule has 3 aromatic rings. The van der Waals surface area contributed by atoms with Crippen molar-refractivity contribution in [2.75, 3.05) is 10.8 Å². The van der Waals surface area contributed by atoms with Crippen LogP contribution in [0.15, 0.2) is 77.7 Å². The molecule has 1 atom stereocenters. The van der Waals surface area contributed by atoms with Crippen LogP contribution in [0.2, 0.25) is 10.0 Å². The van der Waals surface area contributed by atoms with E-state index < -0.39 is 46.2 Å². The second kappa shape index (κ2) is 13.6. The fraction of sp³-hybridized carbons (Fsp3) is 0.333. The zero-order valence-corrected chi connectivity index (χ0v) is 25.5. The van der Waals surface area contributed by atoms with Crippen molar-refractivity contribution in [2.45, 2.75) is 62.3 Å². The van der Waals surface area contributed by atoms with Crippen molar-refractivity contribution in [3.63, 3.8) is 0 Å². The van der Waals surface area contributed by atoms with E-state index in [2.05, 4.69) is 5.32 Å². The van der Waals surface area contributed by atoms with Crippen molar-refractivity contribution < 1.29 is 31.2 Å². The maximum absolute atomic E-state index is 14.0. The first-order valence-corrected chi connectivity index (χ1v) is 15.8. The Bertz CT molecular complexity index is 1570. The predicted octanol–water partition coefficient (Wildman–Crippen LogP) is 6.68. The van der Waals surface area contributed by atoms with Crippen molar-refractivity contribution in [2.24, 2.45) is 0 Å². The fourth-order valence-electron chi connectivity index (χ4n) is 4.90. The van der Waals surface area contributed by atoms with Gasteiger partial charge in [-0.3, -0.25) is 13.9 Å². The highest BCUT2D eigenvalue weighted by molar-refractivity contribution is 7.92. The molecule has 7 nitrogen and oxygen atoms in total. The van der Waals surface area contributed by atoms with Crippen molar-refractivity contribution in [3.05, 3.63) is 94.0 Å². The molecule has 1 aliphatic carbocycles. The molecule has 3 aromatic carbocycles. The predicted molar refractivity (Wildman–Crippen MR) is 159 cm³/mol. The number of hydrogen-bond acceptors (Lipinski definition) is 4. The van der Waals surface area contributed by atoms with Crippen LogP contribution in [-0.4, -0.2) is 43.8 Å². The van der Waals surface area contributed by atoms with Crippen LogP contribution in [-0.2, 0) is 32.3 Å². The lowest BCUT2D eigenvalue weighted by Gasteiger charge is -2.32. The van der Waals surface area contributed by atoms with E-state index in [0.717, 1.165) is 37.8 Å². The molecular weight excluding hydrogens is 626 g/mol. The van der Waals surface area contributed by atoms with Gasteiger partial charge in [0.1, 0.15) is 12.6 Å². The number of sulfonamides is 1. The summed E-state index contributed by atoms with van der Waals surface area (Å²) >= 11 is 12.2. The van der Waals surface area contributed by atoms with Crippen LogP contribution in [0, 0.1) is 0 Å². The third kappa shape index (κ3) is 8.01. The second-order valence-electron chi connectivity index (χ2n) is 10.3. The van der Waals surface area contributed by atoms with Gasteiger partial charge >= 0.3 is 6.18 Å². The molecule has 0 saturated heterocycles. The molecule has 230 valence electrons. The average molecular weight is 657 g/mol. The van der Waals surface area contributed by atoms with E-state index in [1.807, 2.05) is 0 Å². The Morgan fingerprint density at radius 1 is 0.953 bits per heavy atom. The fourth-order valence-corrected chi connectivity index (χ4v) is 6.64. The summed E-state index contributed by atoms with van der Waals surface area (Å²) in [6, 6.07) is 14.4. The van der Waals surface area contributed by atoms with Gasteiger partial charge in [0.05, 0.1) is 26.2 Å². The third-order valence-corrected chi connectivity index (χ3v) is 9.80. The van der Waals surface area contributed by atoms with Gasteiger partial charge in [-0.25, -0.2) is 8.42 Å². The molecular formula is C30H30Cl2F3N3O4S. The number of benzene rings is 3. The number of carbonyl (C=O) groups excluding carboxylic acids is 2. The number of anilines is 1. The summed E-state index contributed by atoms with van der Waals surface area (Å²) in [5.74, 6) is -1.24. The normalized spacial score (nSPS) is 14.7. The molecule has 13 heteroatoms. The molecule has 1 N–H and O–H groups in total. The van der Waals surface area contributed by atoms with E-state index in [9.17, 15) is 31.2 Å². The van der Waals surface area contributed by atoms with Crippen LogP contribution in [0.1, 0.15) is 43.7 Å². The molecule has 43 heavy (non-hydrogen) atoms. The Balaban J connectivity index is 1.73. The van der Waals surface area contributed by atoms with Gasteiger partial charge in [-0.2, -0.15) is 13.2 Å². The molecule has 1 saturated carbocycles. The topological polar surface area (TPSA) is 86.8 Å². The van der Waals surface area contributed by atoms with Crippen LogP contribution in [0.3, 0.4) is 0 Å². The Kier molecular flexibility index (Phi) is 10.3. The van der Waals surface area contributed by atoms with Crippen LogP contribution < -0.4 is 9.62 Å². The summed E-state index contributed by atoms with van der Waals surface area (Å²) in [6.45, 7) is 0.498. The highest BCUT2D eigenvalue weighted by atomic mass is 35.5. The monoisotopic (exact) mass is 655 g/mol. The Labute approximate surface area is 258 Å². The first-order valence-electron chi connectivity index (χ1n) is 13.6. The minimum Gasteiger partial charge on any atom is -0.352 e. The maximum Gasteiger partial charge on any atom is 0.416 e. The molecule has 2 amide bonds. The van der Waals surface area contributed by atoms with Gasteiger partial charge in [0, 0.05) is 12.6 Å². The van der Waals surface area contributed by atoms with E-state index in [-0.39, 0.29) is 33.2 Å². The van der Waals surface area contributed by atoms with Gasteiger partial charge in [-0.15, -0.1) is 0 Å². The van der Waals surface area contributed by atoms with Gasteiger partial charge in [0.15, 0.2) is 0 Å². The highest BCUT2D eigenvalue weighted by Crippen LogP contribution is 2.33. The van der Waals surface area contributed by atoms with E-state index in [4.69, 9.17) is 23.2 Å². The molecule has 0 unspecified atom stereocenters. The first-order chi connectivity index (χ1) is 20.3. The lowest BCUT2D eigenvalue weighted by molar-refractivity contribution is -0.139. The number of nitrogens with zero attached hydrogens (tertiary/aromatic N) is 2. The molecule has 0 aliphatic heterocycles. The van der Waals surface area contributed by atoms with Crippen molar-refractivity contribution in [3.8, 4) is 0 Å². The van der Waals surface area contributed by atoms with Crippen molar-refractivity contribution in [1.82, 2.24) is 10.2 Å². The number of alkyl halides is 3. The van der Waals surface area contributed by atoms with E-state index in [0.29, 0.717) is 15.9 Å². The molecule has 1 aliphatic rings. The number of rotatable bonds is 10. The quantitative estimate of drug-likeness (QED) is 0.264. The van der Waals surface area contributed by atoms with Gasteiger partial charge in [-0.1, -0.05) is 66.4 Å². The summed E-state index contributed by atoms with van der Waals surface area (Å²) in [7, 11) is -4.52. The van der Waals surface area contributed by atoms with Gasteiger partial charge < -0.3 is 10.2 Å². The lowest BCUT2D eigenvalue weighted by atomic mass is 10.1. The van der Waals surface area contributed by atoms with Crippen LogP contribution in [0.5, 0.6) is 0 Å². The molecule has 0 bridgehead atoms. The van der Waals surface area contributed by atoms with Crippen molar-refractivity contribution >= 4 is 50.7 Å². The molecule has 1 fully saturated rings. The molecule has 0 radical (unpaired) electrons. The number of carbonyl (C=O) groups is 2. The van der Waals surface area contributed by atoms with Crippen LogP contribution in [0.4, 0.5) is 18.9 Å². The highest BCUT2D eigenvalue weighted by Gasteiger charge is 2.35. The summed E-state index contributed by atoms with van der Waals surface area (Å²) in [4.78, 5) is 28.2. The summed E-state index contributed by atoms with van der Waals surface area (Å²) in [5.41, 5.74) is -0.924. The smallest absolute Gasteiger partial charge is 0.352 e.